The molecule has 0 spiro atoms. The highest BCUT2D eigenvalue weighted by molar-refractivity contribution is 6.42. The lowest BCUT2D eigenvalue weighted by Crippen LogP contribution is -2.24. The average Bonchev–Trinajstić information content (AvgIpc) is 2.51. The number of hydrogen-bond acceptors (Lipinski definition) is 5. The van der Waals surface area contributed by atoms with Crippen LogP contribution in [-0.4, -0.2) is 27.6 Å². The Kier molecular flexibility index (Phi) is 6.62. The Bertz CT molecular complexity index is 735. The average molecular weight is 418 g/mol. The fourth-order valence-electron chi connectivity index (χ4n) is 1.64. The third-order valence-electron chi connectivity index (χ3n) is 2.75. The van der Waals surface area contributed by atoms with E-state index in [0.29, 0.717) is 0 Å². The number of anilines is 1. The number of pyridine rings is 1. The summed E-state index contributed by atoms with van der Waals surface area (Å²) in [5, 5.41) is 3.00. The minimum absolute atomic E-state index is 0.0524. The monoisotopic (exact) mass is 416 g/mol. The zero-order valence-corrected chi connectivity index (χ0v) is 15.1. The second-order valence-electron chi connectivity index (χ2n) is 4.58. The zero-order valence-electron chi connectivity index (χ0n) is 12.0. The summed E-state index contributed by atoms with van der Waals surface area (Å²) in [5.41, 5.74) is -0.545. The van der Waals surface area contributed by atoms with Crippen molar-refractivity contribution in [2.75, 3.05) is 11.9 Å². The van der Waals surface area contributed by atoms with E-state index in [2.05, 4.69) is 20.3 Å². The standard InChI is InChI=1S/C13H10Cl4F2N4O/c1-5(24-13-7(15)2-6(14)10(17)23-13)3-20-12-8(16)9(11(18)19)21-4-22-12/h2,4-5,11H,3H2,1H3,(H,20,21,22)/t5-/m1/s1. The molecule has 0 unspecified atom stereocenters. The Morgan fingerprint density at radius 2 is 1.88 bits per heavy atom. The molecule has 11 heteroatoms. The van der Waals surface area contributed by atoms with Gasteiger partial charge in [-0.2, -0.15) is 4.98 Å². The maximum atomic E-state index is 12.7. The molecule has 1 atom stereocenters. The van der Waals surface area contributed by atoms with Gasteiger partial charge in [0, 0.05) is 0 Å². The van der Waals surface area contributed by atoms with Gasteiger partial charge in [0.2, 0.25) is 5.88 Å². The van der Waals surface area contributed by atoms with Crippen molar-refractivity contribution < 1.29 is 13.5 Å². The van der Waals surface area contributed by atoms with Crippen molar-refractivity contribution in [2.45, 2.75) is 19.5 Å². The lowest BCUT2D eigenvalue weighted by Gasteiger charge is -2.17. The quantitative estimate of drug-likeness (QED) is 0.646. The molecule has 0 radical (unpaired) electrons. The zero-order chi connectivity index (χ0) is 17.9. The van der Waals surface area contributed by atoms with Gasteiger partial charge < -0.3 is 10.1 Å². The predicted octanol–water partition coefficient (Wildman–Crippen LogP) is 5.30. The fourth-order valence-corrected chi connectivity index (χ4v) is 2.42. The Morgan fingerprint density at radius 3 is 2.54 bits per heavy atom. The van der Waals surface area contributed by atoms with E-state index in [0.717, 1.165) is 6.33 Å². The molecule has 2 heterocycles. The number of hydrogen-bond donors (Lipinski definition) is 1. The van der Waals surface area contributed by atoms with Crippen molar-refractivity contribution in [3.05, 3.63) is 38.3 Å². The van der Waals surface area contributed by atoms with Crippen LogP contribution in [0.3, 0.4) is 0 Å². The summed E-state index contributed by atoms with van der Waals surface area (Å²) in [7, 11) is 0. The normalized spacial score (nSPS) is 12.3. The van der Waals surface area contributed by atoms with E-state index in [9.17, 15) is 8.78 Å². The summed E-state index contributed by atoms with van der Waals surface area (Å²) in [6.45, 7) is 1.90. The Balaban J connectivity index is 2.03. The second-order valence-corrected chi connectivity index (χ2v) is 6.13. The van der Waals surface area contributed by atoms with Gasteiger partial charge in [0.1, 0.15) is 34.0 Å². The SMILES string of the molecule is C[C@H](CNc1ncnc(C(F)F)c1Cl)Oc1nc(Cl)c(Cl)cc1Cl. The van der Waals surface area contributed by atoms with Gasteiger partial charge in [0.25, 0.3) is 6.43 Å². The molecular formula is C13H10Cl4F2N4O. The van der Waals surface area contributed by atoms with Gasteiger partial charge in [-0.3, -0.25) is 0 Å². The lowest BCUT2D eigenvalue weighted by atomic mass is 10.3. The van der Waals surface area contributed by atoms with Gasteiger partial charge in [0.05, 0.1) is 11.6 Å². The molecule has 0 aliphatic carbocycles. The van der Waals surface area contributed by atoms with Crippen LogP contribution < -0.4 is 10.1 Å². The Labute approximate surface area is 156 Å². The van der Waals surface area contributed by atoms with Crippen LogP contribution >= 0.6 is 46.4 Å². The van der Waals surface area contributed by atoms with Gasteiger partial charge >= 0.3 is 0 Å². The molecule has 0 saturated heterocycles. The van der Waals surface area contributed by atoms with Crippen LogP contribution in [0, 0.1) is 0 Å². The van der Waals surface area contributed by atoms with Crippen molar-refractivity contribution in [3.63, 3.8) is 0 Å². The highest BCUT2D eigenvalue weighted by Crippen LogP contribution is 2.31. The summed E-state index contributed by atoms with van der Waals surface area (Å²) in [6, 6.07) is 1.41. The minimum atomic E-state index is -2.80. The molecule has 0 aromatic carbocycles. The summed E-state index contributed by atoms with van der Waals surface area (Å²) in [5.74, 6) is 0.174. The maximum absolute atomic E-state index is 12.7. The molecule has 1 N–H and O–H groups in total. The van der Waals surface area contributed by atoms with E-state index in [1.165, 1.54) is 6.07 Å². The van der Waals surface area contributed by atoms with Crippen LogP contribution in [0.2, 0.25) is 20.2 Å². The molecule has 0 aliphatic rings. The molecule has 0 amide bonds. The molecule has 0 saturated carbocycles. The molecule has 5 nitrogen and oxygen atoms in total. The predicted molar refractivity (Wildman–Crippen MR) is 89.8 cm³/mol. The molecule has 130 valence electrons. The van der Waals surface area contributed by atoms with Crippen LogP contribution in [0.5, 0.6) is 5.88 Å². The molecular weight excluding hydrogens is 408 g/mol. The second kappa shape index (κ2) is 8.29. The number of aromatic nitrogens is 3. The Morgan fingerprint density at radius 1 is 1.17 bits per heavy atom. The number of nitrogens with one attached hydrogen (secondary N) is 1. The molecule has 0 bridgehead atoms. The molecule has 0 fully saturated rings. The first-order valence-corrected chi connectivity index (χ1v) is 8.01. The highest BCUT2D eigenvalue weighted by atomic mass is 35.5. The summed E-state index contributed by atoms with van der Waals surface area (Å²) < 4.78 is 31.0. The summed E-state index contributed by atoms with van der Waals surface area (Å²) >= 11 is 23.4. The summed E-state index contributed by atoms with van der Waals surface area (Å²) in [6.07, 6.45) is -2.25. The Hall–Kier alpha value is -1.15. The van der Waals surface area contributed by atoms with Gasteiger partial charge in [-0.1, -0.05) is 46.4 Å². The van der Waals surface area contributed by atoms with E-state index < -0.39 is 18.2 Å². The van der Waals surface area contributed by atoms with Crippen molar-refractivity contribution in [1.29, 1.82) is 0 Å². The van der Waals surface area contributed by atoms with E-state index in [-0.39, 0.29) is 38.5 Å². The molecule has 2 aromatic heterocycles. The number of halogens is 6. The van der Waals surface area contributed by atoms with Crippen molar-refractivity contribution >= 4 is 52.2 Å². The van der Waals surface area contributed by atoms with Crippen LogP contribution in [-0.2, 0) is 0 Å². The first kappa shape index (κ1) is 19.2. The number of ether oxygens (including phenoxy) is 1. The molecule has 0 aliphatic heterocycles. The van der Waals surface area contributed by atoms with Gasteiger partial charge in [0.15, 0.2) is 5.15 Å². The first-order valence-electron chi connectivity index (χ1n) is 6.50. The smallest absolute Gasteiger partial charge is 0.282 e. The van der Waals surface area contributed by atoms with Crippen molar-refractivity contribution in [3.8, 4) is 5.88 Å². The van der Waals surface area contributed by atoms with E-state index in [1.807, 2.05) is 0 Å². The summed E-state index contributed by atoms with van der Waals surface area (Å²) in [4.78, 5) is 11.2. The van der Waals surface area contributed by atoms with Crippen molar-refractivity contribution in [2.24, 2.45) is 0 Å². The number of rotatable bonds is 6. The number of nitrogens with zero attached hydrogens (tertiary/aromatic N) is 3. The van der Waals surface area contributed by atoms with Gasteiger partial charge in [-0.05, 0) is 13.0 Å². The van der Waals surface area contributed by atoms with E-state index >= 15 is 0 Å². The fraction of sp³-hybridized carbons (Fsp3) is 0.308. The maximum Gasteiger partial charge on any atom is 0.282 e. The molecule has 2 rings (SSSR count). The van der Waals surface area contributed by atoms with E-state index in [1.54, 1.807) is 6.92 Å². The van der Waals surface area contributed by atoms with Crippen LogP contribution in [0.1, 0.15) is 19.0 Å². The molecule has 24 heavy (non-hydrogen) atoms. The number of alkyl halides is 2. The van der Waals surface area contributed by atoms with Crippen LogP contribution in [0.25, 0.3) is 0 Å². The topological polar surface area (TPSA) is 59.9 Å². The highest BCUT2D eigenvalue weighted by Gasteiger charge is 2.18. The first-order chi connectivity index (χ1) is 11.3. The van der Waals surface area contributed by atoms with E-state index in [4.69, 9.17) is 51.1 Å². The lowest BCUT2D eigenvalue weighted by molar-refractivity contribution is 0.146. The van der Waals surface area contributed by atoms with Crippen LogP contribution in [0.15, 0.2) is 12.4 Å². The largest absolute Gasteiger partial charge is 0.472 e. The van der Waals surface area contributed by atoms with Gasteiger partial charge in [-0.15, -0.1) is 0 Å². The van der Waals surface area contributed by atoms with Crippen LogP contribution in [0.4, 0.5) is 14.6 Å². The van der Waals surface area contributed by atoms with Crippen molar-refractivity contribution in [1.82, 2.24) is 15.0 Å². The van der Waals surface area contributed by atoms with Gasteiger partial charge in [-0.25, -0.2) is 18.7 Å². The third kappa shape index (κ3) is 4.69. The molecule has 2 aromatic rings. The third-order valence-corrected chi connectivity index (χ3v) is 4.06. The minimum Gasteiger partial charge on any atom is -0.472 e.